The molecule has 1 saturated heterocycles. The standard InChI is InChI=1S/C19H21F4N7O2S/c1-29-6-9(16(28-29)19(21,22)23)18-27-13(8-33-18)17(31)26-12-5-25-30(2)15(12)14-4-3-11(24)10(20)7-32-14/h5-6,8,10-11,14H,3-4,7,24H2,1-2H3,(H,26,31)/t10-,11+,14-/m0/s1. The number of carbonyl (C=O) groups is 1. The molecule has 1 fully saturated rings. The van der Waals surface area contributed by atoms with Crippen LogP contribution in [-0.2, 0) is 25.0 Å². The fourth-order valence-electron chi connectivity index (χ4n) is 3.62. The summed E-state index contributed by atoms with van der Waals surface area (Å²) in [6.07, 6.45) is -3.02. The van der Waals surface area contributed by atoms with Crippen molar-refractivity contribution in [3.05, 3.63) is 34.9 Å². The van der Waals surface area contributed by atoms with Crippen molar-refractivity contribution >= 4 is 22.9 Å². The van der Waals surface area contributed by atoms with Gasteiger partial charge >= 0.3 is 6.18 Å². The molecule has 14 heteroatoms. The molecule has 0 aromatic carbocycles. The summed E-state index contributed by atoms with van der Waals surface area (Å²) in [7, 11) is 3.03. The molecule has 0 bridgehead atoms. The van der Waals surface area contributed by atoms with Gasteiger partial charge in [0.1, 0.15) is 23.0 Å². The molecule has 0 unspecified atom stereocenters. The zero-order valence-corrected chi connectivity index (χ0v) is 18.5. The van der Waals surface area contributed by atoms with Gasteiger partial charge in [0, 0.05) is 31.7 Å². The number of ether oxygens (including phenoxy) is 1. The zero-order valence-electron chi connectivity index (χ0n) is 17.6. The lowest BCUT2D eigenvalue weighted by molar-refractivity contribution is -0.140. The second-order valence-electron chi connectivity index (χ2n) is 7.70. The van der Waals surface area contributed by atoms with E-state index in [2.05, 4.69) is 20.5 Å². The number of alkyl halides is 4. The van der Waals surface area contributed by atoms with Gasteiger partial charge in [0.15, 0.2) is 5.69 Å². The first-order chi connectivity index (χ1) is 15.5. The quantitative estimate of drug-likeness (QED) is 0.547. The summed E-state index contributed by atoms with van der Waals surface area (Å²) in [6, 6.07) is -0.635. The van der Waals surface area contributed by atoms with Gasteiger partial charge in [0.05, 0.1) is 29.7 Å². The summed E-state index contributed by atoms with van der Waals surface area (Å²) in [5.74, 6) is -0.627. The number of aromatic nitrogens is 5. The van der Waals surface area contributed by atoms with Gasteiger partial charge < -0.3 is 15.8 Å². The lowest BCUT2D eigenvalue weighted by Gasteiger charge is -2.17. The van der Waals surface area contributed by atoms with Crippen LogP contribution in [0.1, 0.15) is 40.8 Å². The van der Waals surface area contributed by atoms with Gasteiger partial charge in [-0.2, -0.15) is 23.4 Å². The van der Waals surface area contributed by atoms with Crippen molar-refractivity contribution in [3.63, 3.8) is 0 Å². The summed E-state index contributed by atoms with van der Waals surface area (Å²) in [5, 5.41) is 11.7. The van der Waals surface area contributed by atoms with E-state index in [0.29, 0.717) is 24.2 Å². The Morgan fingerprint density at radius 3 is 2.82 bits per heavy atom. The van der Waals surface area contributed by atoms with Gasteiger partial charge in [-0.15, -0.1) is 11.3 Å². The molecular weight excluding hydrogens is 466 g/mol. The van der Waals surface area contributed by atoms with E-state index >= 15 is 0 Å². The molecule has 3 aromatic rings. The summed E-state index contributed by atoms with van der Waals surface area (Å²) in [4.78, 5) is 16.9. The number of amides is 1. The van der Waals surface area contributed by atoms with Crippen LogP contribution in [0.25, 0.3) is 10.6 Å². The predicted octanol–water partition coefficient (Wildman–Crippen LogP) is 3.07. The first-order valence-electron chi connectivity index (χ1n) is 9.95. The van der Waals surface area contributed by atoms with Gasteiger partial charge in [0.2, 0.25) is 0 Å². The molecule has 178 valence electrons. The van der Waals surface area contributed by atoms with Crippen molar-refractivity contribution in [2.45, 2.75) is 37.3 Å². The van der Waals surface area contributed by atoms with Crippen molar-refractivity contribution in [1.82, 2.24) is 24.5 Å². The Morgan fingerprint density at radius 1 is 1.33 bits per heavy atom. The van der Waals surface area contributed by atoms with Crippen LogP contribution in [0.4, 0.5) is 23.2 Å². The second kappa shape index (κ2) is 8.83. The number of hydrogen-bond donors (Lipinski definition) is 2. The van der Waals surface area contributed by atoms with Crippen LogP contribution in [0.5, 0.6) is 0 Å². The molecule has 1 amide bonds. The fourth-order valence-corrected chi connectivity index (χ4v) is 4.43. The Morgan fingerprint density at radius 2 is 2.09 bits per heavy atom. The number of carbonyl (C=O) groups excluding carboxylic acids is 1. The maximum atomic E-state index is 13.9. The second-order valence-corrected chi connectivity index (χ2v) is 8.56. The normalized spacial score (nSPS) is 21.7. The van der Waals surface area contributed by atoms with Crippen LogP contribution in [0.3, 0.4) is 0 Å². The van der Waals surface area contributed by atoms with Crippen molar-refractivity contribution in [3.8, 4) is 10.6 Å². The number of nitrogens with one attached hydrogen (secondary N) is 1. The fraction of sp³-hybridized carbons (Fsp3) is 0.474. The Bertz CT molecular complexity index is 1140. The molecule has 3 atom stereocenters. The van der Waals surface area contributed by atoms with E-state index in [4.69, 9.17) is 10.5 Å². The number of nitrogens with two attached hydrogens (primary N) is 1. The van der Waals surface area contributed by atoms with E-state index in [0.717, 1.165) is 16.0 Å². The molecule has 4 rings (SSSR count). The highest BCUT2D eigenvalue weighted by atomic mass is 32.1. The van der Waals surface area contributed by atoms with Crippen LogP contribution in [0.2, 0.25) is 0 Å². The molecule has 9 nitrogen and oxygen atoms in total. The van der Waals surface area contributed by atoms with Crippen LogP contribution >= 0.6 is 11.3 Å². The predicted molar refractivity (Wildman–Crippen MR) is 111 cm³/mol. The number of rotatable bonds is 4. The Balaban J connectivity index is 1.55. The SMILES string of the molecule is Cn1cc(-c2nc(C(=O)Nc3cnn(C)c3[C@@H]3CC[C@@H](N)[C@@H](F)CO3)cs2)c(C(F)(F)F)n1. The molecule has 4 heterocycles. The van der Waals surface area contributed by atoms with E-state index in [-0.39, 0.29) is 22.9 Å². The summed E-state index contributed by atoms with van der Waals surface area (Å²) in [5.41, 5.74) is 5.32. The number of hydrogen-bond acceptors (Lipinski definition) is 7. The monoisotopic (exact) mass is 487 g/mol. The van der Waals surface area contributed by atoms with Gasteiger partial charge in [-0.1, -0.05) is 0 Å². The van der Waals surface area contributed by atoms with Crippen molar-refractivity contribution < 1.29 is 27.1 Å². The largest absolute Gasteiger partial charge is 0.435 e. The van der Waals surface area contributed by atoms with Crippen molar-refractivity contribution in [2.75, 3.05) is 11.9 Å². The molecule has 1 aliphatic heterocycles. The first kappa shape index (κ1) is 23.3. The van der Waals surface area contributed by atoms with E-state index in [1.165, 1.54) is 29.5 Å². The smallest absolute Gasteiger partial charge is 0.369 e. The molecule has 33 heavy (non-hydrogen) atoms. The third kappa shape index (κ3) is 4.77. The van der Waals surface area contributed by atoms with Crippen LogP contribution in [0, 0.1) is 0 Å². The summed E-state index contributed by atoms with van der Waals surface area (Å²) >= 11 is 0.899. The van der Waals surface area contributed by atoms with E-state index in [9.17, 15) is 22.4 Å². The van der Waals surface area contributed by atoms with Crippen molar-refractivity contribution in [2.24, 2.45) is 19.8 Å². The Hall–Kier alpha value is -2.84. The minimum Gasteiger partial charge on any atom is -0.369 e. The van der Waals surface area contributed by atoms with E-state index in [1.807, 2.05) is 0 Å². The van der Waals surface area contributed by atoms with Crippen molar-refractivity contribution in [1.29, 1.82) is 0 Å². The topological polar surface area (TPSA) is 113 Å². The Labute approximate surface area is 189 Å². The molecule has 0 radical (unpaired) electrons. The lowest BCUT2D eigenvalue weighted by atomic mass is 10.0. The minimum absolute atomic E-state index is 0.0158. The average molecular weight is 487 g/mol. The molecule has 1 aliphatic rings. The minimum atomic E-state index is -4.66. The maximum Gasteiger partial charge on any atom is 0.435 e. The third-order valence-corrected chi connectivity index (χ3v) is 6.16. The van der Waals surface area contributed by atoms with Crippen LogP contribution in [-0.4, -0.2) is 49.3 Å². The Kier molecular flexibility index (Phi) is 6.24. The summed E-state index contributed by atoms with van der Waals surface area (Å²) < 4.78 is 61.9. The maximum absolute atomic E-state index is 13.9. The van der Waals surface area contributed by atoms with Gasteiger partial charge in [-0.05, 0) is 12.8 Å². The van der Waals surface area contributed by atoms with E-state index in [1.54, 1.807) is 7.05 Å². The first-order valence-corrected chi connectivity index (χ1v) is 10.8. The lowest BCUT2D eigenvalue weighted by Crippen LogP contribution is -2.32. The third-order valence-electron chi connectivity index (χ3n) is 5.29. The zero-order chi connectivity index (χ0) is 23.9. The number of anilines is 1. The molecule has 0 aliphatic carbocycles. The highest BCUT2D eigenvalue weighted by Gasteiger charge is 2.38. The molecule has 0 spiro atoms. The number of halogens is 4. The average Bonchev–Trinajstić information content (AvgIpc) is 3.44. The van der Waals surface area contributed by atoms with Gasteiger partial charge in [-0.3, -0.25) is 14.2 Å². The number of nitrogens with zero attached hydrogens (tertiary/aromatic N) is 5. The van der Waals surface area contributed by atoms with E-state index < -0.39 is 36.1 Å². The van der Waals surface area contributed by atoms with Crippen LogP contribution in [0.15, 0.2) is 17.8 Å². The highest BCUT2D eigenvalue weighted by molar-refractivity contribution is 7.13. The number of thiazole rings is 1. The summed E-state index contributed by atoms with van der Waals surface area (Å²) in [6.45, 7) is -0.174. The molecule has 3 aromatic heterocycles. The molecular formula is C19H21F4N7O2S. The molecule has 3 N–H and O–H groups in total. The molecule has 0 saturated carbocycles. The van der Waals surface area contributed by atoms with Crippen LogP contribution < -0.4 is 11.1 Å². The number of aryl methyl sites for hydroxylation is 2. The van der Waals surface area contributed by atoms with Gasteiger partial charge in [-0.25, -0.2) is 9.37 Å². The van der Waals surface area contributed by atoms with Gasteiger partial charge in [0.25, 0.3) is 5.91 Å². The highest BCUT2D eigenvalue weighted by Crippen LogP contribution is 2.37.